The average Bonchev–Trinajstić information content (AvgIpc) is 2.59. The van der Waals surface area contributed by atoms with E-state index in [1.165, 1.54) is 6.07 Å². The highest BCUT2D eigenvalue weighted by Crippen LogP contribution is 2.16. The van der Waals surface area contributed by atoms with Gasteiger partial charge in [-0.1, -0.05) is 6.07 Å². The van der Waals surface area contributed by atoms with Crippen molar-refractivity contribution in [2.75, 3.05) is 20.3 Å². The fraction of sp³-hybridized carbons (Fsp3) is 0.176. The van der Waals surface area contributed by atoms with Crippen molar-refractivity contribution in [3.63, 3.8) is 0 Å². The number of esters is 1. The molecule has 0 heterocycles. The summed E-state index contributed by atoms with van der Waals surface area (Å²) in [5.74, 6) is 0.940. The molecule has 0 N–H and O–H groups in total. The van der Waals surface area contributed by atoms with E-state index in [1.54, 1.807) is 49.6 Å². The number of rotatable bonds is 6. The maximum atomic E-state index is 11.8. The maximum absolute atomic E-state index is 11.8. The lowest BCUT2D eigenvalue weighted by Gasteiger charge is -2.08. The minimum Gasteiger partial charge on any atom is -0.497 e. The summed E-state index contributed by atoms with van der Waals surface area (Å²) < 4.78 is 15.6. The number of methoxy groups -OCH3 is 1. The number of carbonyl (C=O) groups is 1. The Morgan fingerprint density at radius 3 is 2.50 bits per heavy atom. The smallest absolute Gasteiger partial charge is 0.338 e. The molecule has 0 saturated carbocycles. The van der Waals surface area contributed by atoms with Gasteiger partial charge < -0.3 is 14.2 Å². The van der Waals surface area contributed by atoms with E-state index in [9.17, 15) is 4.79 Å². The second-order valence-electron chi connectivity index (χ2n) is 4.35. The SMILES string of the molecule is COc1ccc(OCCOC(=O)c2cccc(C#N)c2)cc1. The minimum absolute atomic E-state index is 0.127. The molecule has 2 aromatic carbocycles. The van der Waals surface area contributed by atoms with Crippen LogP contribution in [0.1, 0.15) is 15.9 Å². The molecule has 0 atom stereocenters. The van der Waals surface area contributed by atoms with Crippen LogP contribution in [0.4, 0.5) is 0 Å². The van der Waals surface area contributed by atoms with Crippen LogP contribution >= 0.6 is 0 Å². The van der Waals surface area contributed by atoms with Crippen LogP contribution in [-0.2, 0) is 4.74 Å². The zero-order valence-electron chi connectivity index (χ0n) is 12.1. The fourth-order valence-corrected chi connectivity index (χ4v) is 1.76. The summed E-state index contributed by atoms with van der Waals surface area (Å²) in [7, 11) is 1.59. The van der Waals surface area contributed by atoms with E-state index < -0.39 is 5.97 Å². The molecule has 5 heteroatoms. The monoisotopic (exact) mass is 297 g/mol. The quantitative estimate of drug-likeness (QED) is 0.606. The first kappa shape index (κ1) is 15.4. The standard InChI is InChI=1S/C17H15NO4/c1-20-15-5-7-16(8-6-15)21-9-10-22-17(19)14-4-2-3-13(11-14)12-18/h2-8,11H,9-10H2,1H3. The molecule has 5 nitrogen and oxygen atoms in total. The molecule has 0 radical (unpaired) electrons. The van der Waals surface area contributed by atoms with Crippen LogP contribution < -0.4 is 9.47 Å². The van der Waals surface area contributed by atoms with Crippen molar-refractivity contribution in [2.45, 2.75) is 0 Å². The Morgan fingerprint density at radius 2 is 1.82 bits per heavy atom. The van der Waals surface area contributed by atoms with E-state index in [1.807, 2.05) is 6.07 Å². The van der Waals surface area contributed by atoms with Gasteiger partial charge in [-0.25, -0.2) is 4.79 Å². The Labute approximate surface area is 128 Å². The second-order valence-corrected chi connectivity index (χ2v) is 4.35. The van der Waals surface area contributed by atoms with Gasteiger partial charge in [-0.2, -0.15) is 5.26 Å². The molecular formula is C17H15NO4. The van der Waals surface area contributed by atoms with Crippen molar-refractivity contribution in [3.05, 3.63) is 59.7 Å². The number of carbonyl (C=O) groups excluding carboxylic acids is 1. The third kappa shape index (κ3) is 4.25. The summed E-state index contributed by atoms with van der Waals surface area (Å²) in [5.41, 5.74) is 0.771. The topological polar surface area (TPSA) is 68.6 Å². The number of benzene rings is 2. The Bertz CT molecular complexity index is 674. The van der Waals surface area contributed by atoms with Gasteiger partial charge in [0.05, 0.1) is 24.3 Å². The van der Waals surface area contributed by atoms with Gasteiger partial charge in [0.25, 0.3) is 0 Å². The van der Waals surface area contributed by atoms with Gasteiger partial charge in [0.15, 0.2) is 0 Å². The van der Waals surface area contributed by atoms with E-state index in [-0.39, 0.29) is 13.2 Å². The molecule has 0 bridgehead atoms. The van der Waals surface area contributed by atoms with E-state index in [2.05, 4.69) is 0 Å². The number of hydrogen-bond donors (Lipinski definition) is 0. The molecule has 0 aliphatic carbocycles. The molecular weight excluding hydrogens is 282 g/mol. The van der Waals surface area contributed by atoms with E-state index in [0.29, 0.717) is 16.9 Å². The van der Waals surface area contributed by atoms with Crippen LogP contribution in [0.25, 0.3) is 0 Å². The highest BCUT2D eigenvalue weighted by molar-refractivity contribution is 5.89. The lowest BCUT2D eigenvalue weighted by atomic mass is 10.1. The molecule has 0 saturated heterocycles. The van der Waals surface area contributed by atoms with Crippen LogP contribution in [0.5, 0.6) is 11.5 Å². The zero-order chi connectivity index (χ0) is 15.8. The lowest BCUT2D eigenvalue weighted by molar-refractivity contribution is 0.0450. The first-order valence-electron chi connectivity index (χ1n) is 6.67. The van der Waals surface area contributed by atoms with Crippen molar-refractivity contribution in [1.82, 2.24) is 0 Å². The van der Waals surface area contributed by atoms with Crippen molar-refractivity contribution in [1.29, 1.82) is 5.26 Å². The third-order valence-electron chi connectivity index (χ3n) is 2.87. The van der Waals surface area contributed by atoms with Gasteiger partial charge in [-0.15, -0.1) is 0 Å². The predicted octanol–water partition coefficient (Wildman–Crippen LogP) is 2.80. The molecule has 112 valence electrons. The number of nitrogens with zero attached hydrogens (tertiary/aromatic N) is 1. The Hall–Kier alpha value is -3.00. The van der Waals surface area contributed by atoms with Gasteiger partial charge >= 0.3 is 5.97 Å². The van der Waals surface area contributed by atoms with E-state index >= 15 is 0 Å². The highest BCUT2D eigenvalue weighted by atomic mass is 16.6. The molecule has 0 aliphatic rings. The molecule has 0 aromatic heterocycles. The van der Waals surface area contributed by atoms with Gasteiger partial charge in [0, 0.05) is 0 Å². The summed E-state index contributed by atoms with van der Waals surface area (Å²) in [6.07, 6.45) is 0. The maximum Gasteiger partial charge on any atom is 0.338 e. The molecule has 0 unspecified atom stereocenters. The first-order valence-corrected chi connectivity index (χ1v) is 6.67. The van der Waals surface area contributed by atoms with Gasteiger partial charge in [-0.05, 0) is 42.5 Å². The van der Waals surface area contributed by atoms with Crippen LogP contribution in [0.3, 0.4) is 0 Å². The van der Waals surface area contributed by atoms with Crippen LogP contribution in [0, 0.1) is 11.3 Å². The first-order chi connectivity index (χ1) is 10.7. The Kier molecular flexibility index (Phi) is 5.38. The van der Waals surface area contributed by atoms with Crippen molar-refractivity contribution < 1.29 is 19.0 Å². The van der Waals surface area contributed by atoms with Gasteiger partial charge in [0.1, 0.15) is 24.7 Å². The zero-order valence-corrected chi connectivity index (χ0v) is 12.1. The summed E-state index contributed by atoms with van der Waals surface area (Å²) in [5, 5.41) is 8.79. The molecule has 0 aliphatic heterocycles. The Morgan fingerprint density at radius 1 is 1.09 bits per heavy atom. The second kappa shape index (κ2) is 7.70. The van der Waals surface area contributed by atoms with Gasteiger partial charge in [-0.3, -0.25) is 0 Å². The molecule has 0 fully saturated rings. The number of nitriles is 1. The molecule has 0 amide bonds. The molecule has 0 spiro atoms. The third-order valence-corrected chi connectivity index (χ3v) is 2.87. The van der Waals surface area contributed by atoms with Crippen LogP contribution in [-0.4, -0.2) is 26.3 Å². The van der Waals surface area contributed by atoms with Gasteiger partial charge in [0.2, 0.25) is 0 Å². The summed E-state index contributed by atoms with van der Waals surface area (Å²) in [6, 6.07) is 15.5. The predicted molar refractivity (Wildman–Crippen MR) is 79.9 cm³/mol. The van der Waals surface area contributed by atoms with E-state index in [4.69, 9.17) is 19.5 Å². The van der Waals surface area contributed by atoms with Crippen molar-refractivity contribution in [2.24, 2.45) is 0 Å². The minimum atomic E-state index is -0.476. The van der Waals surface area contributed by atoms with Crippen LogP contribution in [0.15, 0.2) is 48.5 Å². The summed E-state index contributed by atoms with van der Waals surface area (Å²) in [4.78, 5) is 11.8. The Balaban J connectivity index is 1.78. The fourth-order valence-electron chi connectivity index (χ4n) is 1.76. The molecule has 2 rings (SSSR count). The summed E-state index contributed by atoms with van der Waals surface area (Å²) in [6.45, 7) is 0.373. The summed E-state index contributed by atoms with van der Waals surface area (Å²) >= 11 is 0. The molecule has 22 heavy (non-hydrogen) atoms. The van der Waals surface area contributed by atoms with Crippen LogP contribution in [0.2, 0.25) is 0 Å². The highest BCUT2D eigenvalue weighted by Gasteiger charge is 2.07. The molecule has 2 aromatic rings. The largest absolute Gasteiger partial charge is 0.497 e. The normalized spacial score (nSPS) is 9.64. The number of hydrogen-bond acceptors (Lipinski definition) is 5. The van der Waals surface area contributed by atoms with Crippen molar-refractivity contribution >= 4 is 5.97 Å². The number of ether oxygens (including phenoxy) is 3. The van der Waals surface area contributed by atoms with E-state index in [0.717, 1.165) is 5.75 Å². The van der Waals surface area contributed by atoms with Crippen molar-refractivity contribution in [3.8, 4) is 17.6 Å². The lowest BCUT2D eigenvalue weighted by Crippen LogP contribution is -2.12. The average molecular weight is 297 g/mol.